The second-order valence-electron chi connectivity index (χ2n) is 15.2. The second kappa shape index (κ2) is 15.0. The maximum Gasteiger partial charge on any atom is 0.164 e. The van der Waals surface area contributed by atoms with E-state index in [0.717, 1.165) is 71.8 Å². The van der Waals surface area contributed by atoms with Crippen LogP contribution in [0.5, 0.6) is 0 Å². The van der Waals surface area contributed by atoms with Crippen LogP contribution in [0.2, 0.25) is 0 Å². The molecule has 2 aromatic heterocycles. The molecule has 0 aliphatic heterocycles. The first-order valence-electron chi connectivity index (χ1n) is 20.3. The Morgan fingerprint density at radius 3 is 1.57 bits per heavy atom. The third kappa shape index (κ3) is 6.69. The molecule has 11 aromatic rings. The van der Waals surface area contributed by atoms with Crippen LogP contribution in [-0.2, 0) is 0 Å². The van der Waals surface area contributed by atoms with E-state index >= 15 is 0 Å². The van der Waals surface area contributed by atoms with Crippen molar-refractivity contribution in [3.8, 4) is 79.3 Å². The Labute approximate surface area is 353 Å². The fourth-order valence-corrected chi connectivity index (χ4v) is 8.37. The van der Waals surface area contributed by atoms with Gasteiger partial charge in [0.15, 0.2) is 17.5 Å². The summed E-state index contributed by atoms with van der Waals surface area (Å²) in [6.45, 7) is 0. The Morgan fingerprint density at radius 2 is 0.836 bits per heavy atom. The normalized spacial score (nSPS) is 11.3. The molecule has 0 aliphatic rings. The van der Waals surface area contributed by atoms with Crippen molar-refractivity contribution < 1.29 is 0 Å². The van der Waals surface area contributed by atoms with Crippen molar-refractivity contribution >= 4 is 32.6 Å². The van der Waals surface area contributed by atoms with Crippen molar-refractivity contribution in [1.29, 1.82) is 5.26 Å². The average Bonchev–Trinajstić information content (AvgIpc) is 3.68. The molecule has 11 rings (SSSR count). The molecule has 0 spiro atoms. The average molecular weight is 778 g/mol. The van der Waals surface area contributed by atoms with Gasteiger partial charge >= 0.3 is 0 Å². The highest BCUT2D eigenvalue weighted by atomic mass is 15.0. The Hall–Kier alpha value is -8.46. The van der Waals surface area contributed by atoms with Gasteiger partial charge in [0.05, 0.1) is 22.7 Å². The van der Waals surface area contributed by atoms with Crippen molar-refractivity contribution in [2.75, 3.05) is 0 Å². The summed E-state index contributed by atoms with van der Waals surface area (Å²) in [5.74, 6) is 1.76. The molecule has 0 amide bonds. The van der Waals surface area contributed by atoms with E-state index in [9.17, 15) is 5.26 Å². The molecule has 0 saturated heterocycles. The Balaban J connectivity index is 1.13. The third-order valence-electron chi connectivity index (χ3n) is 11.5. The molecular formula is C56H35N5. The minimum atomic E-state index is 0.564. The first kappa shape index (κ1) is 35.7. The van der Waals surface area contributed by atoms with Gasteiger partial charge in [-0.15, -0.1) is 0 Å². The van der Waals surface area contributed by atoms with Crippen molar-refractivity contribution in [2.24, 2.45) is 0 Å². The van der Waals surface area contributed by atoms with E-state index in [1.807, 2.05) is 60.7 Å². The smallest absolute Gasteiger partial charge is 0.164 e. The third-order valence-corrected chi connectivity index (χ3v) is 11.5. The van der Waals surface area contributed by atoms with Crippen LogP contribution in [0.4, 0.5) is 0 Å². The molecule has 0 atom stereocenters. The van der Waals surface area contributed by atoms with Gasteiger partial charge in [0, 0.05) is 33.2 Å². The molecule has 284 valence electrons. The van der Waals surface area contributed by atoms with Crippen LogP contribution in [0.25, 0.3) is 106 Å². The first-order valence-corrected chi connectivity index (χ1v) is 20.3. The summed E-state index contributed by atoms with van der Waals surface area (Å²) in [7, 11) is 0. The monoisotopic (exact) mass is 777 g/mol. The molecule has 0 aliphatic carbocycles. The Bertz CT molecular complexity index is 3460. The van der Waals surface area contributed by atoms with Crippen molar-refractivity contribution in [3.63, 3.8) is 0 Å². The lowest BCUT2D eigenvalue weighted by atomic mass is 9.99. The summed E-state index contributed by atoms with van der Waals surface area (Å²) in [5, 5.41) is 14.3. The summed E-state index contributed by atoms with van der Waals surface area (Å²) in [5.41, 5.74) is 13.0. The molecular weight excluding hydrogens is 743 g/mol. The molecule has 5 heteroatoms. The zero-order chi connectivity index (χ0) is 40.7. The highest BCUT2D eigenvalue weighted by Gasteiger charge is 2.19. The summed E-state index contributed by atoms with van der Waals surface area (Å²) >= 11 is 0. The van der Waals surface area contributed by atoms with Crippen molar-refractivity contribution in [2.45, 2.75) is 0 Å². The number of aromatic nitrogens is 4. The molecule has 2 heterocycles. The SMILES string of the molecule is N#Cc1ccc(-c2cc(-c3nc(-c4ccccc4)nc(-c4ccc5ccccc5c4)n3)cc(-n3c4ccccc4c4ccc(-c5ccc(-c6ccccc6)cc5)cc43)c2)cc1. The number of nitrogens with zero attached hydrogens (tertiary/aromatic N) is 5. The van der Waals surface area contributed by atoms with E-state index in [-0.39, 0.29) is 0 Å². The minimum Gasteiger partial charge on any atom is -0.309 e. The van der Waals surface area contributed by atoms with E-state index in [0.29, 0.717) is 23.0 Å². The van der Waals surface area contributed by atoms with Crippen LogP contribution in [0.3, 0.4) is 0 Å². The molecule has 61 heavy (non-hydrogen) atoms. The fourth-order valence-electron chi connectivity index (χ4n) is 8.37. The highest BCUT2D eigenvalue weighted by molar-refractivity contribution is 6.10. The first-order chi connectivity index (χ1) is 30.1. The summed E-state index contributed by atoms with van der Waals surface area (Å²) in [6.07, 6.45) is 0. The lowest BCUT2D eigenvalue weighted by Gasteiger charge is -2.15. The van der Waals surface area contributed by atoms with Crippen LogP contribution < -0.4 is 0 Å². The number of fused-ring (bicyclic) bond motifs is 4. The maximum absolute atomic E-state index is 9.66. The standard InChI is InChI=1S/C56H35N5/c57-36-37-19-21-42(22-20-37)47-32-48(56-59-54(43-14-5-2-6-15-43)58-55(60-56)46-28-27-39-13-7-8-16-44(39)31-46)34-49(33-47)61-52-18-10-9-17-50(52)51-30-29-45(35-53(51)61)41-25-23-40(24-26-41)38-11-3-1-4-12-38/h1-35H. The van der Waals surface area contributed by atoms with Crippen LogP contribution >= 0.6 is 0 Å². The predicted octanol–water partition coefficient (Wildman–Crippen LogP) is 14.0. The Kier molecular flexibility index (Phi) is 8.80. The molecule has 5 nitrogen and oxygen atoms in total. The van der Waals surface area contributed by atoms with Gasteiger partial charge in [-0.3, -0.25) is 0 Å². The van der Waals surface area contributed by atoms with Crippen LogP contribution in [0.15, 0.2) is 212 Å². The van der Waals surface area contributed by atoms with Crippen LogP contribution in [0, 0.1) is 11.3 Å². The summed E-state index contributed by atoms with van der Waals surface area (Å²) in [4.78, 5) is 15.5. The largest absolute Gasteiger partial charge is 0.309 e. The maximum atomic E-state index is 9.66. The zero-order valence-corrected chi connectivity index (χ0v) is 32.9. The lowest BCUT2D eigenvalue weighted by Crippen LogP contribution is -2.02. The quantitative estimate of drug-likeness (QED) is 0.162. The van der Waals surface area contributed by atoms with E-state index in [1.165, 1.54) is 16.5 Å². The molecule has 0 radical (unpaired) electrons. The number of rotatable bonds is 7. The van der Waals surface area contributed by atoms with Gasteiger partial charge in [0.1, 0.15) is 0 Å². The van der Waals surface area contributed by atoms with Gasteiger partial charge in [-0.2, -0.15) is 5.26 Å². The summed E-state index contributed by atoms with van der Waals surface area (Å²) in [6, 6.07) is 76.0. The lowest BCUT2D eigenvalue weighted by molar-refractivity contribution is 1.07. The number of hydrogen-bond donors (Lipinski definition) is 0. The zero-order valence-electron chi connectivity index (χ0n) is 32.9. The topological polar surface area (TPSA) is 67.4 Å². The van der Waals surface area contributed by atoms with E-state index in [2.05, 4.69) is 162 Å². The second-order valence-corrected chi connectivity index (χ2v) is 15.2. The van der Waals surface area contributed by atoms with Crippen LogP contribution in [-0.4, -0.2) is 19.5 Å². The van der Waals surface area contributed by atoms with Gasteiger partial charge in [-0.05, 0) is 92.7 Å². The summed E-state index contributed by atoms with van der Waals surface area (Å²) < 4.78 is 2.35. The van der Waals surface area contributed by atoms with Crippen LogP contribution in [0.1, 0.15) is 5.56 Å². The van der Waals surface area contributed by atoms with Gasteiger partial charge in [0.25, 0.3) is 0 Å². The molecule has 0 fully saturated rings. The van der Waals surface area contributed by atoms with Gasteiger partial charge < -0.3 is 4.57 Å². The number of hydrogen-bond acceptors (Lipinski definition) is 4. The highest BCUT2D eigenvalue weighted by Crippen LogP contribution is 2.38. The molecule has 0 saturated carbocycles. The number of nitriles is 1. The van der Waals surface area contributed by atoms with Crippen molar-refractivity contribution in [3.05, 3.63) is 218 Å². The molecule has 0 N–H and O–H groups in total. The number of para-hydroxylation sites is 1. The molecule has 9 aromatic carbocycles. The van der Waals surface area contributed by atoms with E-state index in [4.69, 9.17) is 15.0 Å². The van der Waals surface area contributed by atoms with Gasteiger partial charge in [-0.1, -0.05) is 164 Å². The predicted molar refractivity (Wildman–Crippen MR) is 249 cm³/mol. The van der Waals surface area contributed by atoms with Crippen molar-refractivity contribution in [1.82, 2.24) is 19.5 Å². The van der Waals surface area contributed by atoms with E-state index < -0.39 is 0 Å². The van der Waals surface area contributed by atoms with Gasteiger partial charge in [-0.25, -0.2) is 15.0 Å². The Morgan fingerprint density at radius 1 is 0.328 bits per heavy atom. The number of benzene rings is 9. The van der Waals surface area contributed by atoms with Gasteiger partial charge in [0.2, 0.25) is 0 Å². The fraction of sp³-hybridized carbons (Fsp3) is 0. The van der Waals surface area contributed by atoms with E-state index in [1.54, 1.807) is 0 Å². The minimum absolute atomic E-state index is 0.564. The molecule has 0 bridgehead atoms. The molecule has 0 unspecified atom stereocenters.